The molecule has 4 nitrogen and oxygen atoms in total. The number of benzene rings is 1. The van der Waals surface area contributed by atoms with Gasteiger partial charge in [-0.1, -0.05) is 23.7 Å². The Morgan fingerprint density at radius 2 is 2.22 bits per heavy atom. The number of piperazine rings is 1. The molecular weight excluding hydrogens is 250 g/mol. The van der Waals surface area contributed by atoms with E-state index in [0.29, 0.717) is 18.1 Å². The second-order valence-electron chi connectivity index (χ2n) is 4.92. The van der Waals surface area contributed by atoms with Crippen LogP contribution in [0, 0.1) is 0 Å². The molecule has 1 aromatic carbocycles. The normalized spacial score (nSPS) is 18.7. The predicted octanol–water partition coefficient (Wildman–Crippen LogP) is 1.51. The lowest BCUT2D eigenvalue weighted by atomic mass is 9.96. The Hall–Kier alpha value is -1.26. The molecule has 0 unspecified atom stereocenters. The molecule has 0 aromatic heterocycles. The van der Waals surface area contributed by atoms with E-state index in [1.807, 2.05) is 36.9 Å². The first-order chi connectivity index (χ1) is 8.48. The predicted molar refractivity (Wildman–Crippen MR) is 73.8 cm³/mol. The summed E-state index contributed by atoms with van der Waals surface area (Å²) in [5.41, 5.74) is 6.99. The Balaban J connectivity index is 2.50. The second-order valence-corrected chi connectivity index (χ2v) is 5.33. The maximum atomic E-state index is 12.0. The van der Waals surface area contributed by atoms with Crippen molar-refractivity contribution in [3.05, 3.63) is 28.8 Å². The third-order valence-corrected chi connectivity index (χ3v) is 3.72. The van der Waals surface area contributed by atoms with E-state index in [0.717, 1.165) is 17.8 Å². The number of nitrogens with two attached hydrogens (primary N) is 1. The van der Waals surface area contributed by atoms with Gasteiger partial charge in [0.25, 0.3) is 0 Å². The van der Waals surface area contributed by atoms with Crippen LogP contribution in [0.4, 0.5) is 5.69 Å². The van der Waals surface area contributed by atoms with E-state index in [-0.39, 0.29) is 5.91 Å². The number of nitrogens with zero attached hydrogens (tertiary/aromatic N) is 1. The zero-order valence-corrected chi connectivity index (χ0v) is 11.4. The summed E-state index contributed by atoms with van der Waals surface area (Å²) in [5.74, 6) is 0.0108. The van der Waals surface area contributed by atoms with Crippen LogP contribution in [0.5, 0.6) is 0 Å². The van der Waals surface area contributed by atoms with Crippen molar-refractivity contribution < 1.29 is 4.79 Å². The molecule has 18 heavy (non-hydrogen) atoms. The monoisotopic (exact) mass is 267 g/mol. The molecule has 1 saturated heterocycles. The van der Waals surface area contributed by atoms with Gasteiger partial charge in [-0.05, 0) is 25.5 Å². The molecule has 1 heterocycles. The molecule has 0 bridgehead atoms. The summed E-state index contributed by atoms with van der Waals surface area (Å²) in [7, 11) is 0. The Kier molecular flexibility index (Phi) is 3.50. The van der Waals surface area contributed by atoms with Gasteiger partial charge in [0.1, 0.15) is 5.54 Å². The Bertz CT molecular complexity index is 473. The lowest BCUT2D eigenvalue weighted by Crippen LogP contribution is -2.62. The summed E-state index contributed by atoms with van der Waals surface area (Å²) in [6, 6.07) is 5.66. The number of nitrogens with one attached hydrogen (secondary N) is 1. The number of hydrogen-bond acceptors (Lipinski definition) is 3. The van der Waals surface area contributed by atoms with Gasteiger partial charge in [0.05, 0.1) is 10.7 Å². The molecule has 5 heteroatoms. The Labute approximate surface area is 112 Å². The molecule has 1 aromatic rings. The molecule has 98 valence electrons. The van der Waals surface area contributed by atoms with Gasteiger partial charge in [0, 0.05) is 19.6 Å². The zero-order chi connectivity index (χ0) is 13.3. The maximum absolute atomic E-state index is 12.0. The van der Waals surface area contributed by atoms with E-state index in [4.69, 9.17) is 17.3 Å². The second kappa shape index (κ2) is 4.78. The van der Waals surface area contributed by atoms with E-state index >= 15 is 0 Å². The van der Waals surface area contributed by atoms with Crippen molar-refractivity contribution in [2.45, 2.75) is 25.9 Å². The highest BCUT2D eigenvalue weighted by atomic mass is 35.5. The fraction of sp³-hybridized carbons (Fsp3) is 0.462. The average Bonchev–Trinajstić information content (AvgIpc) is 2.33. The minimum absolute atomic E-state index is 0.0108. The van der Waals surface area contributed by atoms with Gasteiger partial charge in [0.15, 0.2) is 0 Å². The number of hydrogen-bond donors (Lipinski definition) is 2. The fourth-order valence-electron chi connectivity index (χ4n) is 2.32. The third-order valence-electron chi connectivity index (χ3n) is 3.41. The van der Waals surface area contributed by atoms with Crippen molar-refractivity contribution in [3.63, 3.8) is 0 Å². The topological polar surface area (TPSA) is 58.4 Å². The first-order valence-electron chi connectivity index (χ1n) is 6.02. The van der Waals surface area contributed by atoms with Gasteiger partial charge in [0.2, 0.25) is 5.91 Å². The van der Waals surface area contributed by atoms with Crippen molar-refractivity contribution in [2.24, 2.45) is 5.73 Å². The van der Waals surface area contributed by atoms with E-state index in [1.165, 1.54) is 0 Å². The maximum Gasteiger partial charge on any atom is 0.245 e. The van der Waals surface area contributed by atoms with Crippen LogP contribution >= 0.6 is 11.6 Å². The molecule has 0 saturated carbocycles. The van der Waals surface area contributed by atoms with Crippen LogP contribution in [0.15, 0.2) is 18.2 Å². The van der Waals surface area contributed by atoms with Gasteiger partial charge in [-0.2, -0.15) is 0 Å². The summed E-state index contributed by atoms with van der Waals surface area (Å²) in [5, 5.41) is 3.51. The van der Waals surface area contributed by atoms with Crippen molar-refractivity contribution in [1.29, 1.82) is 0 Å². The first kappa shape index (κ1) is 13.2. The Morgan fingerprint density at radius 3 is 2.89 bits per heavy atom. The number of rotatable bonds is 2. The lowest BCUT2D eigenvalue weighted by Gasteiger charge is -2.44. The largest absolute Gasteiger partial charge is 0.354 e. The minimum atomic E-state index is -0.618. The van der Waals surface area contributed by atoms with Crippen LogP contribution in [0.25, 0.3) is 0 Å². The molecule has 1 aliphatic heterocycles. The molecule has 1 fully saturated rings. The summed E-state index contributed by atoms with van der Waals surface area (Å²) in [6.07, 6.45) is 0. The van der Waals surface area contributed by atoms with Crippen LogP contribution in [0.1, 0.15) is 19.4 Å². The highest BCUT2D eigenvalue weighted by Gasteiger charge is 2.39. The number of para-hydroxylation sites is 1. The van der Waals surface area contributed by atoms with E-state index in [2.05, 4.69) is 5.32 Å². The number of anilines is 1. The molecule has 0 radical (unpaired) electrons. The quantitative estimate of drug-likeness (QED) is 0.854. The van der Waals surface area contributed by atoms with Gasteiger partial charge in [-0.25, -0.2) is 0 Å². The molecule has 0 aliphatic carbocycles. The zero-order valence-electron chi connectivity index (χ0n) is 10.7. The molecule has 3 N–H and O–H groups in total. The molecule has 1 amide bonds. The van der Waals surface area contributed by atoms with E-state index in [1.54, 1.807) is 0 Å². The van der Waals surface area contributed by atoms with Crippen molar-refractivity contribution in [3.8, 4) is 0 Å². The molecule has 0 atom stereocenters. The van der Waals surface area contributed by atoms with Crippen LogP contribution in [-0.4, -0.2) is 24.5 Å². The van der Waals surface area contributed by atoms with E-state index in [9.17, 15) is 4.79 Å². The van der Waals surface area contributed by atoms with Gasteiger partial charge in [-0.3, -0.25) is 4.79 Å². The summed E-state index contributed by atoms with van der Waals surface area (Å²) in [4.78, 5) is 14.0. The van der Waals surface area contributed by atoms with E-state index < -0.39 is 5.54 Å². The van der Waals surface area contributed by atoms with Gasteiger partial charge >= 0.3 is 0 Å². The first-order valence-corrected chi connectivity index (χ1v) is 6.39. The number of amides is 1. The molecule has 0 spiro atoms. The third kappa shape index (κ3) is 2.06. The van der Waals surface area contributed by atoms with Crippen LogP contribution in [0.2, 0.25) is 5.02 Å². The average molecular weight is 268 g/mol. The highest BCUT2D eigenvalue weighted by molar-refractivity contribution is 6.33. The SMILES string of the molecule is CC1(C)C(=O)NCCN1c1c(Cl)cccc1CN. The summed E-state index contributed by atoms with van der Waals surface area (Å²) >= 11 is 6.29. The van der Waals surface area contributed by atoms with Crippen LogP contribution in [0.3, 0.4) is 0 Å². The van der Waals surface area contributed by atoms with Crippen molar-refractivity contribution in [1.82, 2.24) is 5.32 Å². The number of carbonyl (C=O) groups excluding carboxylic acids is 1. The summed E-state index contributed by atoms with van der Waals surface area (Å²) < 4.78 is 0. The molecule has 1 aliphatic rings. The van der Waals surface area contributed by atoms with Crippen LogP contribution in [-0.2, 0) is 11.3 Å². The van der Waals surface area contributed by atoms with Crippen molar-refractivity contribution >= 4 is 23.2 Å². The molecule has 2 rings (SSSR count). The minimum Gasteiger partial charge on any atom is -0.354 e. The van der Waals surface area contributed by atoms with Crippen molar-refractivity contribution in [2.75, 3.05) is 18.0 Å². The standard InChI is InChI=1S/C13H18ClN3O/c1-13(2)12(18)16-6-7-17(13)11-9(8-15)4-3-5-10(11)14/h3-5H,6-8,15H2,1-2H3,(H,16,18). The number of carbonyl (C=O) groups is 1. The highest BCUT2D eigenvalue weighted by Crippen LogP contribution is 2.35. The Morgan fingerprint density at radius 1 is 1.50 bits per heavy atom. The van der Waals surface area contributed by atoms with Gasteiger partial charge < -0.3 is 16.0 Å². The number of halogens is 1. The van der Waals surface area contributed by atoms with Crippen LogP contribution < -0.4 is 16.0 Å². The summed E-state index contributed by atoms with van der Waals surface area (Å²) in [6.45, 7) is 5.55. The molecular formula is C13H18ClN3O. The van der Waals surface area contributed by atoms with Gasteiger partial charge in [-0.15, -0.1) is 0 Å². The fourth-order valence-corrected chi connectivity index (χ4v) is 2.61. The lowest BCUT2D eigenvalue weighted by molar-refractivity contribution is -0.126. The smallest absolute Gasteiger partial charge is 0.245 e.